The zero-order valence-electron chi connectivity index (χ0n) is 12.0. The maximum absolute atomic E-state index is 13.3. The summed E-state index contributed by atoms with van der Waals surface area (Å²) in [4.78, 5) is 12.5. The number of thioether (sulfide) groups is 1. The van der Waals surface area contributed by atoms with Crippen LogP contribution < -0.4 is 11.1 Å². The molecule has 0 aliphatic heterocycles. The molecule has 1 aliphatic carbocycles. The predicted octanol–water partition coefficient (Wildman–Crippen LogP) is 3.64. The standard InChI is InChI=1S/C15H19F3N2OS/c16-10-4-5-13(22-8-14(17)18)12(7-10)20-15(21)6-9-2-1-3-11(9)19/h4-5,7,9,11,14H,1-3,6,8,19H2,(H,20,21)/t9-,11+/m0/s1. The van der Waals surface area contributed by atoms with E-state index in [1.165, 1.54) is 12.1 Å². The number of carbonyl (C=O) groups excluding carboxylic acids is 1. The van der Waals surface area contributed by atoms with E-state index in [1.54, 1.807) is 0 Å². The first-order valence-electron chi connectivity index (χ1n) is 7.21. The highest BCUT2D eigenvalue weighted by Crippen LogP contribution is 2.31. The number of hydrogen-bond acceptors (Lipinski definition) is 3. The molecular weight excluding hydrogens is 313 g/mol. The second kappa shape index (κ2) is 7.87. The van der Waals surface area contributed by atoms with Gasteiger partial charge >= 0.3 is 0 Å². The Kier molecular flexibility index (Phi) is 6.14. The Labute approximate surface area is 131 Å². The second-order valence-corrected chi connectivity index (χ2v) is 6.51. The molecule has 0 unspecified atom stereocenters. The Morgan fingerprint density at radius 1 is 1.41 bits per heavy atom. The maximum atomic E-state index is 13.3. The minimum Gasteiger partial charge on any atom is -0.327 e. The fraction of sp³-hybridized carbons (Fsp3) is 0.533. The van der Waals surface area contributed by atoms with Crippen LogP contribution in [0.3, 0.4) is 0 Å². The molecule has 1 aliphatic rings. The first-order chi connectivity index (χ1) is 10.5. The highest BCUT2D eigenvalue weighted by molar-refractivity contribution is 7.99. The van der Waals surface area contributed by atoms with E-state index in [1.807, 2.05) is 0 Å². The first-order valence-corrected chi connectivity index (χ1v) is 8.20. The van der Waals surface area contributed by atoms with Crippen LogP contribution in [0.1, 0.15) is 25.7 Å². The summed E-state index contributed by atoms with van der Waals surface area (Å²) in [5.74, 6) is -1.05. The quantitative estimate of drug-likeness (QED) is 0.782. The van der Waals surface area contributed by atoms with E-state index in [0.29, 0.717) is 4.90 Å². The molecule has 0 saturated heterocycles. The average Bonchev–Trinajstić information content (AvgIpc) is 2.83. The Hall–Kier alpha value is -1.21. The lowest BCUT2D eigenvalue weighted by atomic mass is 10.00. The molecule has 1 fully saturated rings. The lowest BCUT2D eigenvalue weighted by Crippen LogP contribution is -2.28. The summed E-state index contributed by atoms with van der Waals surface area (Å²) in [5.41, 5.74) is 6.17. The van der Waals surface area contributed by atoms with Crippen LogP contribution in [-0.4, -0.2) is 24.1 Å². The number of nitrogens with two attached hydrogens (primary N) is 1. The molecule has 7 heteroatoms. The number of alkyl halides is 2. The summed E-state index contributed by atoms with van der Waals surface area (Å²) >= 11 is 0.893. The molecule has 2 rings (SSSR count). The number of halogens is 3. The first kappa shape index (κ1) is 17.1. The van der Waals surface area contributed by atoms with Crippen LogP contribution in [0.15, 0.2) is 23.1 Å². The molecule has 1 saturated carbocycles. The largest absolute Gasteiger partial charge is 0.327 e. The topological polar surface area (TPSA) is 55.1 Å². The van der Waals surface area contributed by atoms with E-state index in [0.717, 1.165) is 37.1 Å². The number of benzene rings is 1. The summed E-state index contributed by atoms with van der Waals surface area (Å²) in [6.45, 7) is 0. The van der Waals surface area contributed by atoms with Crippen LogP contribution in [0.4, 0.5) is 18.9 Å². The van der Waals surface area contributed by atoms with Gasteiger partial charge in [0.1, 0.15) is 5.82 Å². The van der Waals surface area contributed by atoms with Crippen LogP contribution in [0.2, 0.25) is 0 Å². The van der Waals surface area contributed by atoms with E-state index in [2.05, 4.69) is 5.32 Å². The smallest absolute Gasteiger partial charge is 0.247 e. The van der Waals surface area contributed by atoms with Crippen molar-refractivity contribution in [2.45, 2.75) is 43.0 Å². The van der Waals surface area contributed by atoms with Crippen molar-refractivity contribution in [1.82, 2.24) is 0 Å². The van der Waals surface area contributed by atoms with Gasteiger partial charge in [-0.2, -0.15) is 0 Å². The van der Waals surface area contributed by atoms with Gasteiger partial charge < -0.3 is 11.1 Å². The van der Waals surface area contributed by atoms with Crippen LogP contribution in [0.25, 0.3) is 0 Å². The third kappa shape index (κ3) is 4.91. The number of nitrogens with one attached hydrogen (secondary N) is 1. The van der Waals surface area contributed by atoms with E-state index in [4.69, 9.17) is 5.73 Å². The van der Waals surface area contributed by atoms with Gasteiger partial charge in [-0.05, 0) is 37.0 Å². The molecule has 0 heterocycles. The fourth-order valence-corrected chi connectivity index (χ4v) is 3.37. The molecule has 1 aromatic rings. The highest BCUT2D eigenvalue weighted by atomic mass is 32.2. The molecule has 0 bridgehead atoms. The van der Waals surface area contributed by atoms with Crippen molar-refractivity contribution in [2.24, 2.45) is 11.7 Å². The van der Waals surface area contributed by atoms with Gasteiger partial charge in [0.2, 0.25) is 12.3 Å². The molecule has 0 aromatic heterocycles. The maximum Gasteiger partial charge on any atom is 0.247 e. The van der Waals surface area contributed by atoms with E-state index >= 15 is 0 Å². The predicted molar refractivity (Wildman–Crippen MR) is 81.7 cm³/mol. The third-order valence-corrected chi connectivity index (χ3v) is 4.83. The van der Waals surface area contributed by atoms with Gasteiger partial charge in [-0.3, -0.25) is 4.79 Å². The van der Waals surface area contributed by atoms with Crippen LogP contribution >= 0.6 is 11.8 Å². The Balaban J connectivity index is 2.00. The molecular formula is C15H19F3N2OS. The zero-order chi connectivity index (χ0) is 16.1. The van der Waals surface area contributed by atoms with Gasteiger partial charge in [-0.1, -0.05) is 6.42 Å². The lowest BCUT2D eigenvalue weighted by Gasteiger charge is -2.16. The molecule has 22 heavy (non-hydrogen) atoms. The van der Waals surface area contributed by atoms with Gasteiger partial charge in [0.25, 0.3) is 0 Å². The Morgan fingerprint density at radius 3 is 2.82 bits per heavy atom. The molecule has 3 N–H and O–H groups in total. The average molecular weight is 332 g/mol. The minimum absolute atomic E-state index is 0.0194. The fourth-order valence-electron chi connectivity index (χ4n) is 2.64. The molecule has 1 amide bonds. The molecule has 3 nitrogen and oxygen atoms in total. The molecule has 0 radical (unpaired) electrons. The van der Waals surface area contributed by atoms with Crippen molar-refractivity contribution in [2.75, 3.05) is 11.1 Å². The Morgan fingerprint density at radius 2 is 2.18 bits per heavy atom. The Bertz CT molecular complexity index is 528. The highest BCUT2D eigenvalue weighted by Gasteiger charge is 2.26. The molecule has 0 spiro atoms. The number of hydrogen-bond donors (Lipinski definition) is 2. The summed E-state index contributed by atoms with van der Waals surface area (Å²) in [6, 6.07) is 3.77. The number of carbonyl (C=O) groups is 1. The van der Waals surface area contributed by atoms with Crippen molar-refractivity contribution in [3.8, 4) is 0 Å². The number of anilines is 1. The van der Waals surface area contributed by atoms with Gasteiger partial charge in [-0.25, -0.2) is 13.2 Å². The summed E-state index contributed by atoms with van der Waals surface area (Å²) in [5, 5.41) is 2.62. The van der Waals surface area contributed by atoms with Gasteiger partial charge in [0, 0.05) is 17.4 Å². The SMILES string of the molecule is N[C@@H]1CCC[C@H]1CC(=O)Nc1cc(F)ccc1SCC(F)F. The molecule has 2 atom stereocenters. The van der Waals surface area contributed by atoms with Gasteiger partial charge in [0.05, 0.1) is 11.4 Å². The zero-order valence-corrected chi connectivity index (χ0v) is 12.8. The van der Waals surface area contributed by atoms with Crippen molar-refractivity contribution in [3.63, 3.8) is 0 Å². The van der Waals surface area contributed by atoms with Crippen molar-refractivity contribution >= 4 is 23.4 Å². The van der Waals surface area contributed by atoms with Crippen molar-refractivity contribution < 1.29 is 18.0 Å². The summed E-state index contributed by atoms with van der Waals surface area (Å²) in [6.07, 6.45) is 0.638. The van der Waals surface area contributed by atoms with E-state index in [-0.39, 0.29) is 30.0 Å². The normalized spacial score (nSPS) is 21.3. The van der Waals surface area contributed by atoms with Gasteiger partial charge in [-0.15, -0.1) is 11.8 Å². The van der Waals surface area contributed by atoms with Crippen molar-refractivity contribution in [1.29, 1.82) is 0 Å². The summed E-state index contributed by atoms with van der Waals surface area (Å²) in [7, 11) is 0. The summed E-state index contributed by atoms with van der Waals surface area (Å²) < 4.78 is 38.0. The molecule has 122 valence electrons. The second-order valence-electron chi connectivity index (χ2n) is 5.45. The van der Waals surface area contributed by atoms with Crippen LogP contribution in [0.5, 0.6) is 0 Å². The van der Waals surface area contributed by atoms with E-state index < -0.39 is 18.0 Å². The monoisotopic (exact) mass is 332 g/mol. The minimum atomic E-state index is -2.46. The van der Waals surface area contributed by atoms with Crippen molar-refractivity contribution in [3.05, 3.63) is 24.0 Å². The molecule has 1 aromatic carbocycles. The van der Waals surface area contributed by atoms with Gasteiger partial charge in [0.15, 0.2) is 0 Å². The third-order valence-electron chi connectivity index (χ3n) is 3.75. The number of amides is 1. The number of rotatable bonds is 6. The van der Waals surface area contributed by atoms with Crippen LogP contribution in [-0.2, 0) is 4.79 Å². The van der Waals surface area contributed by atoms with E-state index in [9.17, 15) is 18.0 Å². The van der Waals surface area contributed by atoms with Crippen LogP contribution in [0, 0.1) is 11.7 Å². The lowest BCUT2D eigenvalue weighted by molar-refractivity contribution is -0.117.